The van der Waals surface area contributed by atoms with Gasteiger partial charge in [0, 0.05) is 55.9 Å². The normalized spacial score (nSPS) is 24.0. The van der Waals surface area contributed by atoms with Crippen LogP contribution in [0.1, 0.15) is 16.8 Å². The smallest absolute Gasteiger partial charge is 0.254 e. The van der Waals surface area contributed by atoms with Crippen LogP contribution in [0.25, 0.3) is 0 Å². The standard InChI is InChI=1S/C16H21ClFN3O/c1-19-4-6-20(7-5-19)15-2-3-21(11-15)16(22)12-8-13(17)10-14(18)9-12/h8-10,15H,2-7,11H2,1H3. The highest BCUT2D eigenvalue weighted by Crippen LogP contribution is 2.21. The van der Waals surface area contributed by atoms with Crippen LogP contribution in [0.15, 0.2) is 18.2 Å². The zero-order valence-corrected chi connectivity index (χ0v) is 13.5. The second-order valence-corrected chi connectivity index (χ2v) is 6.63. The molecular formula is C16H21ClFN3O. The van der Waals surface area contributed by atoms with Crippen LogP contribution in [0.5, 0.6) is 0 Å². The van der Waals surface area contributed by atoms with E-state index in [-0.39, 0.29) is 10.9 Å². The van der Waals surface area contributed by atoms with Crippen LogP contribution in [-0.4, -0.2) is 73.0 Å². The monoisotopic (exact) mass is 325 g/mol. The summed E-state index contributed by atoms with van der Waals surface area (Å²) in [5.41, 5.74) is 0.337. The molecule has 1 amide bonds. The van der Waals surface area contributed by atoms with Gasteiger partial charge in [0.25, 0.3) is 5.91 Å². The fraction of sp³-hybridized carbons (Fsp3) is 0.562. The van der Waals surface area contributed by atoms with Gasteiger partial charge in [-0.1, -0.05) is 11.6 Å². The molecule has 1 unspecified atom stereocenters. The lowest BCUT2D eigenvalue weighted by Gasteiger charge is -2.36. The zero-order valence-electron chi connectivity index (χ0n) is 12.8. The SMILES string of the molecule is CN1CCN(C2CCN(C(=O)c3cc(F)cc(Cl)c3)C2)CC1. The van der Waals surface area contributed by atoms with Gasteiger partial charge in [0.1, 0.15) is 5.82 Å². The summed E-state index contributed by atoms with van der Waals surface area (Å²) in [6.07, 6.45) is 0.985. The number of amides is 1. The maximum atomic E-state index is 13.4. The minimum atomic E-state index is -0.467. The van der Waals surface area contributed by atoms with E-state index in [1.165, 1.54) is 18.2 Å². The number of carbonyl (C=O) groups is 1. The third kappa shape index (κ3) is 3.42. The molecule has 6 heteroatoms. The molecule has 2 aliphatic heterocycles. The second kappa shape index (κ2) is 6.52. The van der Waals surface area contributed by atoms with Crippen molar-refractivity contribution in [2.24, 2.45) is 0 Å². The first kappa shape index (κ1) is 15.7. The summed E-state index contributed by atoms with van der Waals surface area (Å²) >= 11 is 5.84. The van der Waals surface area contributed by atoms with E-state index in [9.17, 15) is 9.18 Å². The van der Waals surface area contributed by atoms with E-state index in [1.54, 1.807) is 0 Å². The number of likely N-dealkylation sites (tertiary alicyclic amines) is 1. The van der Waals surface area contributed by atoms with Crippen LogP contribution < -0.4 is 0 Å². The lowest BCUT2D eigenvalue weighted by Crippen LogP contribution is -2.50. The molecule has 3 rings (SSSR count). The predicted octanol–water partition coefficient (Wildman–Crippen LogP) is 1.94. The summed E-state index contributed by atoms with van der Waals surface area (Å²) in [6, 6.07) is 4.43. The molecule has 1 atom stereocenters. The highest BCUT2D eigenvalue weighted by molar-refractivity contribution is 6.31. The Labute approximate surface area is 135 Å². The van der Waals surface area contributed by atoms with Gasteiger partial charge in [-0.15, -0.1) is 0 Å². The Balaban J connectivity index is 1.63. The maximum absolute atomic E-state index is 13.4. The fourth-order valence-corrected chi connectivity index (χ4v) is 3.49. The Hall–Kier alpha value is -1.17. The first-order chi connectivity index (χ1) is 10.5. The molecule has 0 N–H and O–H groups in total. The first-order valence-corrected chi connectivity index (χ1v) is 8.08. The Morgan fingerprint density at radius 3 is 2.59 bits per heavy atom. The van der Waals surface area contributed by atoms with Crippen molar-refractivity contribution < 1.29 is 9.18 Å². The summed E-state index contributed by atoms with van der Waals surface area (Å²) in [5, 5.41) is 0.262. The Kier molecular flexibility index (Phi) is 4.66. The van der Waals surface area contributed by atoms with E-state index in [1.807, 2.05) is 4.90 Å². The Morgan fingerprint density at radius 2 is 1.91 bits per heavy atom. The van der Waals surface area contributed by atoms with Gasteiger partial charge in [-0.2, -0.15) is 0 Å². The summed E-state index contributed by atoms with van der Waals surface area (Å²) in [7, 11) is 2.13. The van der Waals surface area contributed by atoms with Crippen LogP contribution in [0, 0.1) is 5.82 Å². The van der Waals surface area contributed by atoms with Crippen LogP contribution in [-0.2, 0) is 0 Å². The van der Waals surface area contributed by atoms with E-state index in [0.29, 0.717) is 11.6 Å². The third-order valence-electron chi connectivity index (χ3n) is 4.61. The van der Waals surface area contributed by atoms with Crippen molar-refractivity contribution in [2.45, 2.75) is 12.5 Å². The van der Waals surface area contributed by atoms with E-state index in [0.717, 1.165) is 45.7 Å². The first-order valence-electron chi connectivity index (χ1n) is 7.71. The highest BCUT2D eigenvalue weighted by atomic mass is 35.5. The van der Waals surface area contributed by atoms with Crippen molar-refractivity contribution in [3.63, 3.8) is 0 Å². The number of halogens is 2. The van der Waals surface area contributed by atoms with Gasteiger partial charge >= 0.3 is 0 Å². The molecule has 22 heavy (non-hydrogen) atoms. The van der Waals surface area contributed by atoms with Gasteiger partial charge in [-0.3, -0.25) is 9.69 Å². The molecule has 4 nitrogen and oxygen atoms in total. The predicted molar refractivity (Wildman–Crippen MR) is 84.8 cm³/mol. The number of piperazine rings is 1. The number of hydrogen-bond donors (Lipinski definition) is 0. The zero-order chi connectivity index (χ0) is 15.7. The van der Waals surface area contributed by atoms with Crippen LogP contribution in [0.3, 0.4) is 0 Å². The van der Waals surface area contributed by atoms with Gasteiger partial charge in [-0.25, -0.2) is 4.39 Å². The fourth-order valence-electron chi connectivity index (χ4n) is 3.27. The Bertz CT molecular complexity index is 540. The minimum Gasteiger partial charge on any atom is -0.337 e. The Morgan fingerprint density at radius 1 is 1.18 bits per heavy atom. The molecule has 1 aromatic rings. The topological polar surface area (TPSA) is 26.8 Å². The molecule has 2 fully saturated rings. The molecule has 0 aromatic heterocycles. The van der Waals surface area contributed by atoms with E-state index in [4.69, 9.17) is 11.6 Å². The quantitative estimate of drug-likeness (QED) is 0.831. The molecule has 0 spiro atoms. The van der Waals surface area contributed by atoms with Gasteiger partial charge in [-0.05, 0) is 31.7 Å². The number of hydrogen-bond acceptors (Lipinski definition) is 3. The number of carbonyl (C=O) groups excluding carboxylic acids is 1. The second-order valence-electron chi connectivity index (χ2n) is 6.19. The van der Waals surface area contributed by atoms with E-state index in [2.05, 4.69) is 16.8 Å². The van der Waals surface area contributed by atoms with Gasteiger partial charge in [0.05, 0.1) is 0 Å². The summed E-state index contributed by atoms with van der Waals surface area (Å²) in [5.74, 6) is -0.594. The molecule has 0 aliphatic carbocycles. The average molecular weight is 326 g/mol. The van der Waals surface area contributed by atoms with Gasteiger partial charge in [0.15, 0.2) is 0 Å². The number of nitrogens with zero attached hydrogens (tertiary/aromatic N) is 3. The molecule has 120 valence electrons. The molecule has 0 saturated carbocycles. The molecular weight excluding hydrogens is 305 g/mol. The molecule has 0 bridgehead atoms. The minimum absolute atomic E-state index is 0.127. The highest BCUT2D eigenvalue weighted by Gasteiger charge is 2.32. The molecule has 2 heterocycles. The van der Waals surface area contributed by atoms with Crippen molar-refractivity contribution in [1.82, 2.24) is 14.7 Å². The van der Waals surface area contributed by atoms with Crippen molar-refractivity contribution in [3.8, 4) is 0 Å². The molecule has 2 saturated heterocycles. The van der Waals surface area contributed by atoms with Crippen molar-refractivity contribution in [1.29, 1.82) is 0 Å². The lowest BCUT2D eigenvalue weighted by atomic mass is 10.2. The van der Waals surface area contributed by atoms with Crippen molar-refractivity contribution in [3.05, 3.63) is 34.6 Å². The van der Waals surface area contributed by atoms with Crippen molar-refractivity contribution >= 4 is 17.5 Å². The van der Waals surface area contributed by atoms with Gasteiger partial charge in [0.2, 0.25) is 0 Å². The number of likely N-dealkylation sites (N-methyl/N-ethyl adjacent to an activating group) is 1. The number of rotatable bonds is 2. The molecule has 1 aromatic carbocycles. The third-order valence-corrected chi connectivity index (χ3v) is 4.83. The van der Waals surface area contributed by atoms with E-state index < -0.39 is 5.82 Å². The summed E-state index contributed by atoms with van der Waals surface area (Å²) in [4.78, 5) is 19.1. The largest absolute Gasteiger partial charge is 0.337 e. The van der Waals surface area contributed by atoms with Crippen LogP contribution >= 0.6 is 11.6 Å². The molecule has 0 radical (unpaired) electrons. The molecule has 2 aliphatic rings. The van der Waals surface area contributed by atoms with Crippen LogP contribution in [0.2, 0.25) is 5.02 Å². The van der Waals surface area contributed by atoms with Crippen LogP contribution in [0.4, 0.5) is 4.39 Å². The lowest BCUT2D eigenvalue weighted by molar-refractivity contribution is 0.0755. The number of benzene rings is 1. The average Bonchev–Trinajstić information content (AvgIpc) is 2.96. The summed E-state index contributed by atoms with van der Waals surface area (Å²) < 4.78 is 13.4. The maximum Gasteiger partial charge on any atom is 0.254 e. The van der Waals surface area contributed by atoms with Crippen molar-refractivity contribution in [2.75, 3.05) is 46.3 Å². The summed E-state index contributed by atoms with van der Waals surface area (Å²) in [6.45, 7) is 5.69. The van der Waals surface area contributed by atoms with Gasteiger partial charge < -0.3 is 9.80 Å². The van der Waals surface area contributed by atoms with E-state index >= 15 is 0 Å².